The van der Waals surface area contributed by atoms with E-state index in [1.807, 2.05) is 6.92 Å². The van der Waals surface area contributed by atoms with Crippen molar-refractivity contribution in [3.05, 3.63) is 35.5 Å². The molecule has 144 valence electrons. The minimum Gasteiger partial charge on any atom is -0.411 e. The molecule has 1 aromatic carbocycles. The molecule has 0 aliphatic carbocycles. The third kappa shape index (κ3) is 4.46. The molecule has 0 saturated carbocycles. The van der Waals surface area contributed by atoms with E-state index in [-0.39, 0.29) is 22.3 Å². The van der Waals surface area contributed by atoms with E-state index in [4.69, 9.17) is 4.42 Å². The van der Waals surface area contributed by atoms with Crippen LogP contribution in [0.3, 0.4) is 0 Å². The predicted octanol–water partition coefficient (Wildman–Crippen LogP) is 1.99. The summed E-state index contributed by atoms with van der Waals surface area (Å²) in [6.45, 7) is 5.05. The van der Waals surface area contributed by atoms with E-state index in [0.29, 0.717) is 6.42 Å². The highest BCUT2D eigenvalue weighted by molar-refractivity contribution is 7.90. The van der Waals surface area contributed by atoms with Crippen LogP contribution >= 0.6 is 0 Å². The molecule has 2 aromatic rings. The van der Waals surface area contributed by atoms with Gasteiger partial charge in [0.25, 0.3) is 0 Å². The number of rotatable bonds is 7. The first kappa shape index (κ1) is 20.5. The van der Waals surface area contributed by atoms with E-state index in [2.05, 4.69) is 14.9 Å². The van der Waals surface area contributed by atoms with Gasteiger partial charge >= 0.3 is 5.22 Å². The van der Waals surface area contributed by atoms with E-state index in [1.54, 1.807) is 6.92 Å². The van der Waals surface area contributed by atoms with Crippen LogP contribution in [0.1, 0.15) is 37.8 Å². The van der Waals surface area contributed by atoms with Crippen LogP contribution in [0.2, 0.25) is 0 Å². The van der Waals surface area contributed by atoms with Crippen LogP contribution in [-0.2, 0) is 19.9 Å². The van der Waals surface area contributed by atoms with Gasteiger partial charge in [0.2, 0.25) is 25.8 Å². The number of hydrogen-bond donors (Lipinski definition) is 1. The Balaban J connectivity index is 2.41. The van der Waals surface area contributed by atoms with Crippen LogP contribution in [0.4, 0.5) is 4.39 Å². The summed E-state index contributed by atoms with van der Waals surface area (Å²) in [5.41, 5.74) is 0.185. The summed E-state index contributed by atoms with van der Waals surface area (Å²) in [6, 6.07) is 2.49. The molecule has 8 nitrogen and oxygen atoms in total. The molecule has 0 bridgehead atoms. The average Bonchev–Trinajstić information content (AvgIpc) is 3.04. The molecule has 11 heteroatoms. The van der Waals surface area contributed by atoms with Crippen LogP contribution in [0.25, 0.3) is 0 Å². The maximum Gasteiger partial charge on any atom is 0.335 e. The maximum atomic E-state index is 13.4. The number of nitrogens with zero attached hydrogens (tertiary/aromatic N) is 2. The van der Waals surface area contributed by atoms with Gasteiger partial charge in [0.05, 0.1) is 4.90 Å². The SMILES string of the molecule is CC[C@@H](C)[C@H](NS(=O)(=O)c1ccc(F)c(C)c1)c1nnc(S(C)(=O)=O)o1. The smallest absolute Gasteiger partial charge is 0.335 e. The molecular weight excluding hydrogens is 385 g/mol. The standard InChI is InChI=1S/C15H20FN3O5S2/c1-5-9(2)13(14-17-18-15(24-14)25(4,20)21)19-26(22,23)11-6-7-12(16)10(3)8-11/h6-9,13,19H,5H2,1-4H3/t9-,13+/m1/s1. The Kier molecular flexibility index (Phi) is 5.83. The van der Waals surface area contributed by atoms with Crippen molar-refractivity contribution in [2.45, 2.75) is 43.4 Å². The molecule has 0 spiro atoms. The summed E-state index contributed by atoms with van der Waals surface area (Å²) in [5.74, 6) is -0.932. The fourth-order valence-corrected chi connectivity index (χ4v) is 3.97. The molecule has 0 radical (unpaired) electrons. The second-order valence-corrected chi connectivity index (χ2v) is 9.68. The largest absolute Gasteiger partial charge is 0.411 e. The Bertz CT molecular complexity index is 1000. The van der Waals surface area contributed by atoms with Crippen molar-refractivity contribution in [1.82, 2.24) is 14.9 Å². The number of sulfonamides is 1. The zero-order chi connectivity index (χ0) is 19.7. The number of halogens is 1. The van der Waals surface area contributed by atoms with Gasteiger partial charge in [-0.2, -0.15) is 4.72 Å². The topological polar surface area (TPSA) is 119 Å². The molecule has 0 unspecified atom stereocenters. The molecule has 2 rings (SSSR count). The van der Waals surface area contributed by atoms with Crippen LogP contribution in [0, 0.1) is 18.7 Å². The highest BCUT2D eigenvalue weighted by atomic mass is 32.2. The summed E-state index contributed by atoms with van der Waals surface area (Å²) in [6.07, 6.45) is 1.47. The molecular formula is C15H20FN3O5S2. The lowest BCUT2D eigenvalue weighted by atomic mass is 10.0. The minimum atomic E-state index is -4.02. The van der Waals surface area contributed by atoms with Gasteiger partial charge < -0.3 is 4.42 Å². The van der Waals surface area contributed by atoms with Gasteiger partial charge in [0, 0.05) is 6.26 Å². The number of nitrogens with one attached hydrogen (secondary N) is 1. The molecule has 1 heterocycles. The van der Waals surface area contributed by atoms with Crippen LogP contribution in [-0.4, -0.2) is 33.3 Å². The number of hydrogen-bond acceptors (Lipinski definition) is 7. The maximum absolute atomic E-state index is 13.4. The van der Waals surface area contributed by atoms with Crippen LogP contribution in [0.15, 0.2) is 32.7 Å². The third-order valence-corrected chi connectivity index (χ3v) is 6.18. The summed E-state index contributed by atoms with van der Waals surface area (Å²) in [5, 5.41) is 6.56. The van der Waals surface area contributed by atoms with Crippen LogP contribution in [0.5, 0.6) is 0 Å². The minimum absolute atomic E-state index is 0.118. The molecule has 0 saturated heterocycles. The van der Waals surface area contributed by atoms with E-state index in [0.717, 1.165) is 18.4 Å². The molecule has 2 atom stereocenters. The first-order valence-electron chi connectivity index (χ1n) is 7.77. The Labute approximate surface area is 151 Å². The van der Waals surface area contributed by atoms with Crippen molar-refractivity contribution < 1.29 is 25.6 Å². The van der Waals surface area contributed by atoms with Gasteiger partial charge in [-0.3, -0.25) is 0 Å². The van der Waals surface area contributed by atoms with Crippen molar-refractivity contribution in [1.29, 1.82) is 0 Å². The van der Waals surface area contributed by atoms with Crippen molar-refractivity contribution >= 4 is 19.9 Å². The normalized spacial score (nSPS) is 15.0. The lowest BCUT2D eigenvalue weighted by molar-refractivity contribution is 0.312. The quantitative estimate of drug-likeness (QED) is 0.748. The zero-order valence-electron chi connectivity index (χ0n) is 14.7. The highest BCUT2D eigenvalue weighted by Gasteiger charge is 2.31. The summed E-state index contributed by atoms with van der Waals surface area (Å²) in [7, 11) is -7.74. The van der Waals surface area contributed by atoms with Crippen molar-refractivity contribution in [2.24, 2.45) is 5.92 Å². The Hall–Kier alpha value is -1.85. The zero-order valence-corrected chi connectivity index (χ0v) is 16.4. The number of aryl methyl sites for hydroxylation is 1. The van der Waals surface area contributed by atoms with Gasteiger partial charge in [0.15, 0.2) is 0 Å². The van der Waals surface area contributed by atoms with Gasteiger partial charge in [-0.15, -0.1) is 5.10 Å². The van der Waals surface area contributed by atoms with Gasteiger partial charge in [-0.1, -0.05) is 25.4 Å². The Morgan fingerprint density at radius 3 is 2.38 bits per heavy atom. The molecule has 0 fully saturated rings. The van der Waals surface area contributed by atoms with Gasteiger partial charge in [0.1, 0.15) is 11.9 Å². The van der Waals surface area contributed by atoms with E-state index < -0.39 is 36.9 Å². The average molecular weight is 405 g/mol. The Morgan fingerprint density at radius 1 is 1.23 bits per heavy atom. The monoisotopic (exact) mass is 405 g/mol. The van der Waals surface area contributed by atoms with E-state index in [1.165, 1.54) is 13.0 Å². The molecule has 1 aromatic heterocycles. The first-order valence-corrected chi connectivity index (χ1v) is 11.1. The van der Waals surface area contributed by atoms with Crippen molar-refractivity contribution in [3.8, 4) is 0 Å². The molecule has 0 aliphatic heterocycles. The van der Waals surface area contributed by atoms with Crippen molar-refractivity contribution in [2.75, 3.05) is 6.26 Å². The molecule has 0 aliphatic rings. The van der Waals surface area contributed by atoms with E-state index in [9.17, 15) is 21.2 Å². The fourth-order valence-electron chi connectivity index (χ4n) is 2.16. The summed E-state index contributed by atoms with van der Waals surface area (Å²) in [4.78, 5) is -0.118. The summed E-state index contributed by atoms with van der Waals surface area (Å²) < 4.78 is 69.4. The highest BCUT2D eigenvalue weighted by Crippen LogP contribution is 2.27. The van der Waals surface area contributed by atoms with Crippen LogP contribution < -0.4 is 4.72 Å². The van der Waals surface area contributed by atoms with E-state index >= 15 is 0 Å². The molecule has 1 N–H and O–H groups in total. The number of aromatic nitrogens is 2. The summed E-state index contributed by atoms with van der Waals surface area (Å²) >= 11 is 0. The lowest BCUT2D eigenvalue weighted by Crippen LogP contribution is -2.33. The number of sulfone groups is 1. The van der Waals surface area contributed by atoms with Gasteiger partial charge in [-0.25, -0.2) is 21.2 Å². The second-order valence-electron chi connectivity index (χ2n) is 6.07. The second kappa shape index (κ2) is 7.41. The Morgan fingerprint density at radius 2 is 1.88 bits per heavy atom. The predicted molar refractivity (Wildman–Crippen MR) is 91.1 cm³/mol. The first-order chi connectivity index (χ1) is 12.0. The van der Waals surface area contributed by atoms with Gasteiger partial charge in [-0.05, 0) is 36.6 Å². The fraction of sp³-hybridized carbons (Fsp3) is 0.467. The van der Waals surface area contributed by atoms with Crippen molar-refractivity contribution in [3.63, 3.8) is 0 Å². The third-order valence-electron chi connectivity index (χ3n) is 3.94. The molecule has 26 heavy (non-hydrogen) atoms. The lowest BCUT2D eigenvalue weighted by Gasteiger charge is -2.21. The molecule has 0 amide bonds. The number of benzene rings is 1.